The van der Waals surface area contributed by atoms with Crippen molar-refractivity contribution >= 4 is 5.91 Å². The summed E-state index contributed by atoms with van der Waals surface area (Å²) in [4.78, 5) is 16.1. The predicted molar refractivity (Wildman–Crippen MR) is 66.9 cm³/mol. The van der Waals surface area contributed by atoms with Gasteiger partial charge in [-0.05, 0) is 50.9 Å². The van der Waals surface area contributed by atoms with E-state index in [1.807, 2.05) is 13.0 Å². The van der Waals surface area contributed by atoms with Gasteiger partial charge in [-0.2, -0.15) is 0 Å². The highest BCUT2D eigenvalue weighted by Crippen LogP contribution is 2.09. The van der Waals surface area contributed by atoms with E-state index >= 15 is 0 Å². The Bertz CT molecular complexity index is 386. The molecule has 0 bridgehead atoms. The first kappa shape index (κ1) is 12.0. The highest BCUT2D eigenvalue weighted by molar-refractivity contribution is 5.95. The van der Waals surface area contributed by atoms with Gasteiger partial charge in [-0.25, -0.2) is 0 Å². The van der Waals surface area contributed by atoms with E-state index < -0.39 is 0 Å². The summed E-state index contributed by atoms with van der Waals surface area (Å²) in [6.45, 7) is 4.72. The van der Waals surface area contributed by atoms with Gasteiger partial charge in [0, 0.05) is 18.4 Å². The minimum Gasteiger partial charge on any atom is -0.352 e. The van der Waals surface area contributed by atoms with E-state index in [0.717, 1.165) is 25.3 Å². The zero-order valence-electron chi connectivity index (χ0n) is 10.2. The summed E-state index contributed by atoms with van der Waals surface area (Å²) in [6.07, 6.45) is 4.10. The number of piperidine rings is 1. The van der Waals surface area contributed by atoms with Gasteiger partial charge in [0.15, 0.2) is 0 Å². The molecule has 1 atom stereocenters. The maximum absolute atomic E-state index is 11.9. The summed E-state index contributed by atoms with van der Waals surface area (Å²) >= 11 is 0. The molecule has 2 N–H and O–H groups in total. The van der Waals surface area contributed by atoms with Crippen LogP contribution < -0.4 is 10.6 Å². The number of pyridine rings is 1. The largest absolute Gasteiger partial charge is 0.352 e. The zero-order valence-corrected chi connectivity index (χ0v) is 10.2. The predicted octanol–water partition coefficient (Wildman–Crippen LogP) is 1.12. The second-order valence-electron chi connectivity index (χ2n) is 4.56. The average molecular weight is 233 g/mol. The Balaban J connectivity index is 1.87. The van der Waals surface area contributed by atoms with E-state index in [1.165, 1.54) is 12.8 Å². The summed E-state index contributed by atoms with van der Waals surface area (Å²) in [5.74, 6) is 0.547. The Morgan fingerprint density at radius 1 is 1.65 bits per heavy atom. The standard InChI is InChI=1S/C13H19N3O/c1-10-12(5-3-7-15-10)13(17)16-9-11-4-2-6-14-8-11/h3,5,7,11,14H,2,4,6,8-9H2,1H3,(H,16,17). The van der Waals surface area contributed by atoms with Gasteiger partial charge in [-0.1, -0.05) is 0 Å². The molecule has 2 heterocycles. The third-order valence-electron chi connectivity index (χ3n) is 3.20. The lowest BCUT2D eigenvalue weighted by Gasteiger charge is -2.22. The molecule has 1 unspecified atom stereocenters. The van der Waals surface area contributed by atoms with Crippen molar-refractivity contribution in [3.8, 4) is 0 Å². The van der Waals surface area contributed by atoms with Crippen LogP contribution >= 0.6 is 0 Å². The van der Waals surface area contributed by atoms with Gasteiger partial charge in [0.05, 0.1) is 5.56 Å². The van der Waals surface area contributed by atoms with E-state index in [4.69, 9.17) is 0 Å². The van der Waals surface area contributed by atoms with Crippen molar-refractivity contribution in [2.24, 2.45) is 5.92 Å². The van der Waals surface area contributed by atoms with Crippen molar-refractivity contribution in [3.63, 3.8) is 0 Å². The van der Waals surface area contributed by atoms with Crippen LogP contribution in [-0.4, -0.2) is 30.5 Å². The number of carbonyl (C=O) groups excluding carboxylic acids is 1. The highest BCUT2D eigenvalue weighted by Gasteiger charge is 2.15. The molecule has 0 saturated carbocycles. The lowest BCUT2D eigenvalue weighted by molar-refractivity contribution is 0.0944. The Labute approximate surface area is 102 Å². The van der Waals surface area contributed by atoms with E-state index in [1.54, 1.807) is 12.3 Å². The number of aryl methyl sites for hydroxylation is 1. The molecule has 0 radical (unpaired) electrons. The minimum absolute atomic E-state index is 0.0128. The smallest absolute Gasteiger partial charge is 0.253 e. The van der Waals surface area contributed by atoms with Crippen molar-refractivity contribution in [2.45, 2.75) is 19.8 Å². The number of nitrogens with one attached hydrogen (secondary N) is 2. The van der Waals surface area contributed by atoms with Gasteiger partial charge in [-0.15, -0.1) is 0 Å². The molecule has 1 aliphatic rings. The summed E-state index contributed by atoms with van der Waals surface area (Å²) in [5.41, 5.74) is 1.46. The SMILES string of the molecule is Cc1ncccc1C(=O)NCC1CCCNC1. The van der Waals surface area contributed by atoms with Crippen LogP contribution in [0.4, 0.5) is 0 Å². The summed E-state index contributed by atoms with van der Waals surface area (Å²) < 4.78 is 0. The molecule has 1 aliphatic heterocycles. The van der Waals surface area contributed by atoms with Crippen LogP contribution in [0.25, 0.3) is 0 Å². The molecule has 0 aliphatic carbocycles. The van der Waals surface area contributed by atoms with Crippen molar-refractivity contribution in [1.82, 2.24) is 15.6 Å². The minimum atomic E-state index is -0.0128. The highest BCUT2D eigenvalue weighted by atomic mass is 16.1. The Morgan fingerprint density at radius 3 is 3.24 bits per heavy atom. The number of aromatic nitrogens is 1. The fraction of sp³-hybridized carbons (Fsp3) is 0.538. The molecule has 2 rings (SSSR count). The van der Waals surface area contributed by atoms with Crippen LogP contribution in [0.3, 0.4) is 0 Å². The molecule has 4 nitrogen and oxygen atoms in total. The zero-order chi connectivity index (χ0) is 12.1. The molecule has 1 aromatic heterocycles. The third kappa shape index (κ3) is 3.27. The monoisotopic (exact) mass is 233 g/mol. The fourth-order valence-corrected chi connectivity index (χ4v) is 2.15. The molecular weight excluding hydrogens is 214 g/mol. The van der Waals surface area contributed by atoms with Crippen LogP contribution in [0.1, 0.15) is 28.9 Å². The number of carbonyl (C=O) groups is 1. The maximum atomic E-state index is 11.9. The van der Waals surface area contributed by atoms with Gasteiger partial charge < -0.3 is 10.6 Å². The third-order valence-corrected chi connectivity index (χ3v) is 3.20. The molecule has 1 saturated heterocycles. The summed E-state index contributed by atoms with van der Waals surface area (Å²) in [5, 5.41) is 6.34. The van der Waals surface area contributed by atoms with Crippen LogP contribution in [0.2, 0.25) is 0 Å². The van der Waals surface area contributed by atoms with Gasteiger partial charge in [-0.3, -0.25) is 9.78 Å². The van der Waals surface area contributed by atoms with Crippen LogP contribution in [0.5, 0.6) is 0 Å². The van der Waals surface area contributed by atoms with Gasteiger partial charge >= 0.3 is 0 Å². The van der Waals surface area contributed by atoms with E-state index in [-0.39, 0.29) is 5.91 Å². The van der Waals surface area contributed by atoms with E-state index in [0.29, 0.717) is 11.5 Å². The van der Waals surface area contributed by atoms with Crippen molar-refractivity contribution in [2.75, 3.05) is 19.6 Å². The molecule has 0 aromatic carbocycles. The van der Waals surface area contributed by atoms with Gasteiger partial charge in [0.25, 0.3) is 5.91 Å². The van der Waals surface area contributed by atoms with Crippen molar-refractivity contribution < 1.29 is 4.79 Å². The molecule has 4 heteroatoms. The topological polar surface area (TPSA) is 54.0 Å². The second-order valence-corrected chi connectivity index (χ2v) is 4.56. The normalized spacial score (nSPS) is 19.9. The van der Waals surface area contributed by atoms with Crippen molar-refractivity contribution in [3.05, 3.63) is 29.6 Å². The molecule has 1 amide bonds. The Hall–Kier alpha value is -1.42. The molecule has 0 spiro atoms. The molecule has 1 fully saturated rings. The molecule has 92 valence electrons. The number of amides is 1. The quantitative estimate of drug-likeness (QED) is 0.822. The van der Waals surface area contributed by atoms with E-state index in [9.17, 15) is 4.79 Å². The first-order chi connectivity index (χ1) is 8.27. The van der Waals surface area contributed by atoms with Crippen molar-refractivity contribution in [1.29, 1.82) is 0 Å². The average Bonchev–Trinajstić information content (AvgIpc) is 2.38. The summed E-state index contributed by atoms with van der Waals surface area (Å²) in [7, 11) is 0. The molecular formula is C13H19N3O. The van der Waals surface area contributed by atoms with Gasteiger partial charge in [0.1, 0.15) is 0 Å². The lowest BCUT2D eigenvalue weighted by Crippen LogP contribution is -2.38. The number of rotatable bonds is 3. The number of hydrogen-bond donors (Lipinski definition) is 2. The summed E-state index contributed by atoms with van der Waals surface area (Å²) in [6, 6.07) is 3.61. The van der Waals surface area contributed by atoms with Crippen LogP contribution in [0, 0.1) is 12.8 Å². The number of nitrogens with zero attached hydrogens (tertiary/aromatic N) is 1. The molecule has 17 heavy (non-hydrogen) atoms. The number of hydrogen-bond acceptors (Lipinski definition) is 3. The van der Waals surface area contributed by atoms with Gasteiger partial charge in [0.2, 0.25) is 0 Å². The second kappa shape index (κ2) is 5.77. The Morgan fingerprint density at radius 2 is 2.53 bits per heavy atom. The van der Waals surface area contributed by atoms with E-state index in [2.05, 4.69) is 15.6 Å². The van der Waals surface area contributed by atoms with Crippen LogP contribution in [-0.2, 0) is 0 Å². The molecule has 1 aromatic rings. The first-order valence-corrected chi connectivity index (χ1v) is 6.18. The lowest BCUT2D eigenvalue weighted by atomic mass is 9.99. The van der Waals surface area contributed by atoms with Crippen LogP contribution in [0.15, 0.2) is 18.3 Å². The maximum Gasteiger partial charge on any atom is 0.253 e. The Kier molecular flexibility index (Phi) is 4.09. The fourth-order valence-electron chi connectivity index (χ4n) is 2.15. The first-order valence-electron chi connectivity index (χ1n) is 6.18.